The van der Waals surface area contributed by atoms with Crippen LogP contribution in [0.3, 0.4) is 0 Å². The van der Waals surface area contributed by atoms with Gasteiger partial charge in [-0.15, -0.1) is 0 Å². The van der Waals surface area contributed by atoms with Gasteiger partial charge < -0.3 is 14.4 Å². The van der Waals surface area contributed by atoms with Crippen LogP contribution < -0.4 is 9.62 Å². The number of carbonyl (C=O) groups excluding carboxylic acids is 2. The average Bonchev–Trinajstić information content (AvgIpc) is 2.87. The van der Waals surface area contributed by atoms with Crippen LogP contribution in [0, 0.1) is 17.2 Å². The molecule has 1 fully saturated rings. The van der Waals surface area contributed by atoms with E-state index in [1.165, 1.54) is 6.07 Å². The molecule has 2 aromatic rings. The van der Waals surface area contributed by atoms with E-state index in [-0.39, 0.29) is 23.5 Å². The maximum atomic E-state index is 12.7. The lowest BCUT2D eigenvalue weighted by Gasteiger charge is -2.33. The minimum absolute atomic E-state index is 0.197. The summed E-state index contributed by atoms with van der Waals surface area (Å²) in [6.07, 6.45) is 1.15. The zero-order valence-electron chi connectivity index (χ0n) is 20.4. The lowest BCUT2D eigenvalue weighted by molar-refractivity contribution is -0.123. The summed E-state index contributed by atoms with van der Waals surface area (Å²) >= 11 is 0. The third-order valence-electron chi connectivity index (χ3n) is 5.86. The Labute approximate surface area is 211 Å². The second-order valence-electron chi connectivity index (χ2n) is 8.40. The highest BCUT2D eigenvalue weighted by Crippen LogP contribution is 2.27. The summed E-state index contributed by atoms with van der Waals surface area (Å²) in [4.78, 5) is 31.6. The number of carbonyl (C=O) groups is 2. The van der Waals surface area contributed by atoms with Crippen LogP contribution in [0.4, 0.5) is 5.82 Å². The van der Waals surface area contributed by atoms with E-state index in [1.54, 1.807) is 44.4 Å². The molecule has 1 saturated heterocycles. The van der Waals surface area contributed by atoms with Crippen molar-refractivity contribution in [1.82, 2.24) is 9.71 Å². The molecule has 1 amide bonds. The number of amides is 1. The largest absolute Gasteiger partial charge is 0.462 e. The van der Waals surface area contributed by atoms with Gasteiger partial charge >= 0.3 is 5.97 Å². The summed E-state index contributed by atoms with van der Waals surface area (Å²) in [5.74, 6) is -1.41. The molecule has 192 valence electrons. The van der Waals surface area contributed by atoms with Crippen LogP contribution in [0.1, 0.15) is 46.9 Å². The molecular weight excluding hydrogens is 484 g/mol. The predicted octanol–water partition coefficient (Wildman–Crippen LogP) is 2.18. The molecule has 11 heteroatoms. The summed E-state index contributed by atoms with van der Waals surface area (Å²) in [7, 11) is -2.27. The van der Waals surface area contributed by atoms with E-state index in [2.05, 4.69) is 15.8 Å². The van der Waals surface area contributed by atoms with Crippen LogP contribution in [0.25, 0.3) is 0 Å². The number of hydrogen-bond acceptors (Lipinski definition) is 9. The van der Waals surface area contributed by atoms with Gasteiger partial charge in [0.25, 0.3) is 0 Å². The summed E-state index contributed by atoms with van der Waals surface area (Å²) in [6, 6.07) is 12.2. The van der Waals surface area contributed by atoms with Crippen LogP contribution in [-0.4, -0.2) is 58.7 Å². The fourth-order valence-corrected chi connectivity index (χ4v) is 5.24. The molecule has 0 spiro atoms. The molecular formula is C25H30N4O6S. The first-order valence-corrected chi connectivity index (χ1v) is 13.4. The molecule has 0 saturated carbocycles. The van der Waals surface area contributed by atoms with Crippen LogP contribution in [0.2, 0.25) is 0 Å². The molecule has 2 heterocycles. The van der Waals surface area contributed by atoms with Gasteiger partial charge in [0.1, 0.15) is 11.9 Å². The highest BCUT2D eigenvalue weighted by Gasteiger charge is 2.30. The van der Waals surface area contributed by atoms with Crippen molar-refractivity contribution in [2.24, 2.45) is 5.92 Å². The SMILES string of the molecule is CCOC(=O)c1cc(C#N)c(N2CCC(C(=O)NS(=O)(=O)Cc3ccccc3)CC2)nc1CCOC. The normalized spacial score (nSPS) is 14.2. The van der Waals surface area contributed by atoms with Gasteiger partial charge in [-0.25, -0.2) is 18.2 Å². The number of nitrogens with zero attached hydrogens (tertiary/aromatic N) is 3. The Balaban J connectivity index is 1.70. The van der Waals surface area contributed by atoms with E-state index < -0.39 is 27.8 Å². The number of sulfonamides is 1. The van der Waals surface area contributed by atoms with Gasteiger partial charge in [-0.1, -0.05) is 30.3 Å². The van der Waals surface area contributed by atoms with E-state index in [9.17, 15) is 23.3 Å². The second kappa shape index (κ2) is 12.5. The van der Waals surface area contributed by atoms with Crippen molar-refractivity contribution in [1.29, 1.82) is 5.26 Å². The molecule has 1 N–H and O–H groups in total. The molecule has 0 unspecified atom stereocenters. The van der Waals surface area contributed by atoms with Crippen molar-refractivity contribution in [2.75, 3.05) is 38.3 Å². The Morgan fingerprint density at radius 2 is 1.92 bits per heavy atom. The molecule has 1 aliphatic heterocycles. The molecule has 3 rings (SSSR count). The van der Waals surface area contributed by atoms with E-state index in [1.807, 2.05) is 4.90 Å². The Hall–Kier alpha value is -3.49. The highest BCUT2D eigenvalue weighted by molar-refractivity contribution is 7.89. The number of methoxy groups -OCH3 is 1. The maximum absolute atomic E-state index is 12.7. The zero-order valence-corrected chi connectivity index (χ0v) is 21.2. The van der Waals surface area contributed by atoms with Crippen LogP contribution in [0.15, 0.2) is 36.4 Å². The number of nitriles is 1. The Kier molecular flexibility index (Phi) is 9.38. The first-order valence-electron chi connectivity index (χ1n) is 11.7. The highest BCUT2D eigenvalue weighted by atomic mass is 32.2. The topological polar surface area (TPSA) is 139 Å². The number of anilines is 1. The zero-order chi connectivity index (χ0) is 26.1. The quantitative estimate of drug-likeness (QED) is 0.473. The number of rotatable bonds is 10. The fourth-order valence-electron chi connectivity index (χ4n) is 4.06. The Bertz CT molecular complexity index is 1220. The van der Waals surface area contributed by atoms with Crippen molar-refractivity contribution in [2.45, 2.75) is 31.9 Å². The number of esters is 1. The standard InChI is InChI=1S/C25H30N4O6S/c1-3-35-25(31)21-15-20(16-26)23(27-22(21)11-14-34-2)29-12-9-19(10-13-29)24(30)28-36(32,33)17-18-7-5-4-6-8-18/h4-8,15,19H,3,9-14,17H2,1-2H3,(H,28,30). The van der Waals surface area contributed by atoms with Gasteiger partial charge in [-0.05, 0) is 31.4 Å². The van der Waals surface area contributed by atoms with E-state index in [0.717, 1.165) is 0 Å². The van der Waals surface area contributed by atoms with E-state index in [4.69, 9.17) is 9.47 Å². The number of ether oxygens (including phenoxy) is 2. The van der Waals surface area contributed by atoms with Crippen LogP contribution in [0.5, 0.6) is 0 Å². The predicted molar refractivity (Wildman–Crippen MR) is 133 cm³/mol. The molecule has 0 bridgehead atoms. The van der Waals surface area contributed by atoms with Gasteiger partial charge in [0, 0.05) is 32.5 Å². The van der Waals surface area contributed by atoms with Gasteiger partial charge in [0.15, 0.2) is 0 Å². The maximum Gasteiger partial charge on any atom is 0.340 e. The first-order chi connectivity index (χ1) is 17.3. The summed E-state index contributed by atoms with van der Waals surface area (Å²) in [5, 5.41) is 9.72. The summed E-state index contributed by atoms with van der Waals surface area (Å²) in [6.45, 7) is 3.04. The van der Waals surface area contributed by atoms with Crippen molar-refractivity contribution < 1.29 is 27.5 Å². The Morgan fingerprint density at radius 3 is 2.53 bits per heavy atom. The molecule has 0 radical (unpaired) electrons. The van der Waals surface area contributed by atoms with E-state index in [0.29, 0.717) is 56.0 Å². The molecule has 1 aromatic heterocycles. The lowest BCUT2D eigenvalue weighted by atomic mass is 9.96. The monoisotopic (exact) mass is 514 g/mol. The van der Waals surface area contributed by atoms with Crippen LogP contribution in [-0.2, 0) is 36.5 Å². The number of benzene rings is 1. The van der Waals surface area contributed by atoms with Gasteiger partial charge in [-0.3, -0.25) is 9.52 Å². The number of hydrogen-bond donors (Lipinski definition) is 1. The number of pyridine rings is 1. The average molecular weight is 515 g/mol. The molecule has 1 aromatic carbocycles. The van der Waals surface area contributed by atoms with Crippen LogP contribution >= 0.6 is 0 Å². The van der Waals surface area contributed by atoms with Crippen molar-refractivity contribution >= 4 is 27.7 Å². The third-order valence-corrected chi connectivity index (χ3v) is 7.09. The number of aromatic nitrogens is 1. The molecule has 1 aliphatic rings. The molecule has 10 nitrogen and oxygen atoms in total. The van der Waals surface area contributed by atoms with Gasteiger partial charge in [0.05, 0.1) is 35.8 Å². The lowest BCUT2D eigenvalue weighted by Crippen LogP contribution is -2.43. The van der Waals surface area contributed by atoms with Crippen molar-refractivity contribution in [3.63, 3.8) is 0 Å². The third kappa shape index (κ3) is 7.02. The first kappa shape index (κ1) is 27.1. The minimum atomic E-state index is -3.82. The second-order valence-corrected chi connectivity index (χ2v) is 10.1. The van der Waals surface area contributed by atoms with Crippen molar-refractivity contribution in [3.05, 3.63) is 58.8 Å². The Morgan fingerprint density at radius 1 is 1.22 bits per heavy atom. The van der Waals surface area contributed by atoms with E-state index >= 15 is 0 Å². The number of nitrogens with one attached hydrogen (secondary N) is 1. The smallest absolute Gasteiger partial charge is 0.340 e. The number of piperidine rings is 1. The molecule has 0 atom stereocenters. The fraction of sp³-hybridized carbons (Fsp3) is 0.440. The van der Waals surface area contributed by atoms with Crippen molar-refractivity contribution in [3.8, 4) is 6.07 Å². The van der Waals surface area contributed by atoms with Gasteiger partial charge in [-0.2, -0.15) is 5.26 Å². The minimum Gasteiger partial charge on any atom is -0.462 e. The summed E-state index contributed by atoms with van der Waals surface area (Å²) < 4.78 is 37.3. The van der Waals surface area contributed by atoms with Gasteiger partial charge in [0.2, 0.25) is 15.9 Å². The molecule has 0 aliphatic carbocycles. The molecule has 36 heavy (non-hydrogen) atoms. The summed E-state index contributed by atoms with van der Waals surface area (Å²) in [5.41, 5.74) is 1.52.